The first-order valence-electron chi connectivity index (χ1n) is 9.41. The Hall–Kier alpha value is -3.47. The van der Waals surface area contributed by atoms with Crippen LogP contribution in [0.3, 0.4) is 0 Å². The van der Waals surface area contributed by atoms with Gasteiger partial charge in [-0.1, -0.05) is 42.5 Å². The molecule has 0 aliphatic carbocycles. The first kappa shape index (κ1) is 18.6. The zero-order chi connectivity index (χ0) is 21.0. The summed E-state index contributed by atoms with van der Waals surface area (Å²) in [7, 11) is 0. The van der Waals surface area contributed by atoms with E-state index in [0.29, 0.717) is 32.8 Å². The molecule has 0 atom stereocenters. The molecule has 0 saturated heterocycles. The Bertz CT molecular complexity index is 1450. The van der Waals surface area contributed by atoms with Crippen LogP contribution >= 0.6 is 0 Å². The fourth-order valence-corrected chi connectivity index (χ4v) is 4.10. The lowest BCUT2D eigenvalue weighted by atomic mass is 9.94. The molecular formula is C25H15F4N. The maximum atomic E-state index is 14.4. The lowest BCUT2D eigenvalue weighted by Gasteiger charge is -2.14. The Kier molecular flexibility index (Phi) is 4.03. The average Bonchev–Trinajstić information content (AvgIpc) is 2.71. The van der Waals surface area contributed by atoms with E-state index in [1.54, 1.807) is 48.7 Å². The lowest BCUT2D eigenvalue weighted by molar-refractivity contribution is -0.136. The van der Waals surface area contributed by atoms with Gasteiger partial charge in [-0.3, -0.25) is 4.98 Å². The van der Waals surface area contributed by atoms with Gasteiger partial charge in [0.2, 0.25) is 0 Å². The van der Waals surface area contributed by atoms with Crippen LogP contribution in [0.25, 0.3) is 43.6 Å². The molecule has 4 aromatic carbocycles. The number of benzene rings is 4. The van der Waals surface area contributed by atoms with E-state index < -0.39 is 11.7 Å². The molecule has 148 valence electrons. The zero-order valence-corrected chi connectivity index (χ0v) is 15.9. The Labute approximate surface area is 169 Å². The van der Waals surface area contributed by atoms with Gasteiger partial charge in [0.05, 0.1) is 11.3 Å². The van der Waals surface area contributed by atoms with Crippen molar-refractivity contribution in [2.24, 2.45) is 0 Å². The van der Waals surface area contributed by atoms with Crippen LogP contribution < -0.4 is 0 Å². The summed E-state index contributed by atoms with van der Waals surface area (Å²) in [6.45, 7) is 1.81. The Morgan fingerprint density at radius 3 is 2.30 bits per heavy atom. The van der Waals surface area contributed by atoms with E-state index in [1.807, 2.05) is 13.0 Å². The third-order valence-corrected chi connectivity index (χ3v) is 5.41. The third-order valence-electron chi connectivity index (χ3n) is 5.41. The maximum Gasteiger partial charge on any atom is 0.417 e. The van der Waals surface area contributed by atoms with Crippen LogP contribution in [0.2, 0.25) is 0 Å². The van der Waals surface area contributed by atoms with Crippen LogP contribution in [0.4, 0.5) is 17.6 Å². The van der Waals surface area contributed by atoms with Gasteiger partial charge < -0.3 is 0 Å². The van der Waals surface area contributed by atoms with Gasteiger partial charge in [0.1, 0.15) is 5.82 Å². The summed E-state index contributed by atoms with van der Waals surface area (Å²) in [5.41, 5.74) is 0.889. The van der Waals surface area contributed by atoms with Gasteiger partial charge in [-0.25, -0.2) is 4.39 Å². The number of aromatic nitrogens is 1. The first-order valence-corrected chi connectivity index (χ1v) is 9.41. The van der Waals surface area contributed by atoms with Crippen molar-refractivity contribution in [3.63, 3.8) is 0 Å². The van der Waals surface area contributed by atoms with Crippen LogP contribution in [0.1, 0.15) is 11.1 Å². The number of rotatable bonds is 1. The van der Waals surface area contributed by atoms with E-state index in [2.05, 4.69) is 4.98 Å². The largest absolute Gasteiger partial charge is 0.417 e. The summed E-state index contributed by atoms with van der Waals surface area (Å²) in [6, 6.07) is 17.8. The molecule has 0 saturated carbocycles. The molecule has 0 aliphatic heterocycles. The molecule has 5 rings (SSSR count). The summed E-state index contributed by atoms with van der Waals surface area (Å²) in [6.07, 6.45) is -2.94. The Morgan fingerprint density at radius 1 is 0.733 bits per heavy atom. The molecule has 5 heteroatoms. The molecule has 0 spiro atoms. The number of halogens is 4. The molecule has 1 heterocycles. The molecule has 0 fully saturated rings. The van der Waals surface area contributed by atoms with Crippen molar-refractivity contribution in [3.05, 3.63) is 89.9 Å². The molecule has 0 unspecified atom stereocenters. The number of fused-ring (bicyclic) bond motifs is 4. The fourth-order valence-electron chi connectivity index (χ4n) is 4.10. The van der Waals surface area contributed by atoms with Crippen molar-refractivity contribution in [2.75, 3.05) is 0 Å². The first-order chi connectivity index (χ1) is 14.3. The van der Waals surface area contributed by atoms with Crippen molar-refractivity contribution in [1.29, 1.82) is 0 Å². The van der Waals surface area contributed by atoms with E-state index in [4.69, 9.17) is 0 Å². The minimum absolute atomic E-state index is 0.150. The fraction of sp³-hybridized carbons (Fsp3) is 0.0800. The monoisotopic (exact) mass is 405 g/mol. The van der Waals surface area contributed by atoms with E-state index in [9.17, 15) is 17.6 Å². The predicted molar refractivity (Wildman–Crippen MR) is 112 cm³/mol. The number of hydrogen-bond acceptors (Lipinski definition) is 1. The Balaban J connectivity index is 1.86. The molecule has 0 radical (unpaired) electrons. The highest BCUT2D eigenvalue weighted by Gasteiger charge is 2.33. The van der Waals surface area contributed by atoms with Gasteiger partial charge in [-0.05, 0) is 58.3 Å². The molecule has 0 N–H and O–H groups in total. The summed E-state index contributed by atoms with van der Waals surface area (Å²) >= 11 is 0. The number of pyridine rings is 1. The van der Waals surface area contributed by atoms with Crippen LogP contribution in [-0.4, -0.2) is 4.98 Å². The molecular weight excluding hydrogens is 390 g/mol. The van der Waals surface area contributed by atoms with Gasteiger partial charge >= 0.3 is 6.18 Å². The molecule has 1 aromatic heterocycles. The van der Waals surface area contributed by atoms with Crippen molar-refractivity contribution in [1.82, 2.24) is 4.98 Å². The van der Waals surface area contributed by atoms with Gasteiger partial charge in [0.25, 0.3) is 0 Å². The summed E-state index contributed by atoms with van der Waals surface area (Å²) in [5.74, 6) is -0.324. The number of nitrogens with zero attached hydrogens (tertiary/aromatic N) is 1. The van der Waals surface area contributed by atoms with Gasteiger partial charge in [-0.15, -0.1) is 0 Å². The standard InChI is InChI=1S/C25H15F4N/c1-14-10-21-18-8-9-30-24(20(18)7-6-19(21)23(26)11-14)16-12-15-4-2-3-5-17(15)22(13-16)25(27,28)29/h2-13H,1H3. The molecule has 0 aliphatic rings. The molecule has 5 aromatic rings. The summed E-state index contributed by atoms with van der Waals surface area (Å²) < 4.78 is 55.7. The van der Waals surface area contributed by atoms with Crippen LogP contribution in [-0.2, 0) is 6.18 Å². The van der Waals surface area contributed by atoms with Gasteiger partial charge in [0.15, 0.2) is 0 Å². The Morgan fingerprint density at radius 2 is 1.50 bits per heavy atom. The van der Waals surface area contributed by atoms with Crippen LogP contribution in [0.15, 0.2) is 72.9 Å². The molecule has 0 bridgehead atoms. The van der Waals surface area contributed by atoms with Crippen LogP contribution in [0.5, 0.6) is 0 Å². The average molecular weight is 405 g/mol. The highest BCUT2D eigenvalue weighted by molar-refractivity contribution is 6.12. The minimum Gasteiger partial charge on any atom is -0.256 e. The van der Waals surface area contributed by atoms with E-state index in [0.717, 1.165) is 17.0 Å². The summed E-state index contributed by atoms with van der Waals surface area (Å²) in [5, 5.41) is 3.26. The van der Waals surface area contributed by atoms with Crippen molar-refractivity contribution in [3.8, 4) is 11.3 Å². The second-order valence-electron chi connectivity index (χ2n) is 7.40. The predicted octanol–water partition coefficient (Wildman–Crippen LogP) is 7.67. The number of hydrogen-bond donors (Lipinski definition) is 0. The van der Waals surface area contributed by atoms with Crippen molar-refractivity contribution < 1.29 is 17.6 Å². The van der Waals surface area contributed by atoms with Crippen molar-refractivity contribution >= 4 is 32.3 Å². The third kappa shape index (κ3) is 2.89. The van der Waals surface area contributed by atoms with Crippen LogP contribution in [0, 0.1) is 12.7 Å². The lowest BCUT2D eigenvalue weighted by Crippen LogP contribution is -2.06. The summed E-state index contributed by atoms with van der Waals surface area (Å²) in [4.78, 5) is 4.40. The van der Waals surface area contributed by atoms with E-state index in [-0.39, 0.29) is 11.2 Å². The smallest absolute Gasteiger partial charge is 0.256 e. The SMILES string of the molecule is Cc1cc(F)c2ccc3c(-c4cc(C(F)(F)F)c5ccccc5c4)nccc3c2c1. The zero-order valence-electron chi connectivity index (χ0n) is 15.9. The molecule has 30 heavy (non-hydrogen) atoms. The maximum absolute atomic E-state index is 14.4. The highest BCUT2D eigenvalue weighted by Crippen LogP contribution is 2.40. The molecule has 1 nitrogen and oxygen atoms in total. The second-order valence-corrected chi connectivity index (χ2v) is 7.40. The molecule has 0 amide bonds. The number of alkyl halides is 3. The highest BCUT2D eigenvalue weighted by atomic mass is 19.4. The minimum atomic E-state index is -4.49. The van der Waals surface area contributed by atoms with E-state index in [1.165, 1.54) is 12.1 Å². The van der Waals surface area contributed by atoms with E-state index >= 15 is 0 Å². The van der Waals surface area contributed by atoms with Gasteiger partial charge in [0, 0.05) is 22.5 Å². The van der Waals surface area contributed by atoms with Gasteiger partial charge in [-0.2, -0.15) is 13.2 Å². The normalized spacial score (nSPS) is 12.2. The number of aryl methyl sites for hydroxylation is 1. The van der Waals surface area contributed by atoms with Crippen molar-refractivity contribution in [2.45, 2.75) is 13.1 Å². The quantitative estimate of drug-likeness (QED) is 0.206. The second kappa shape index (κ2) is 6.52. The topological polar surface area (TPSA) is 12.9 Å².